The third-order valence-electron chi connectivity index (χ3n) is 7.13. The molecule has 1 aromatic heterocycles. The van der Waals surface area contributed by atoms with E-state index in [-0.39, 0.29) is 45.6 Å². The number of carbonyl (C=O) groups excluding carboxylic acids is 1. The smallest absolute Gasteiger partial charge is 0.395 e. The summed E-state index contributed by atoms with van der Waals surface area (Å²) in [6, 6.07) is 8.69. The van der Waals surface area contributed by atoms with Crippen molar-refractivity contribution in [2.45, 2.75) is 50.4 Å². The highest BCUT2D eigenvalue weighted by molar-refractivity contribution is 5.97. The monoisotopic (exact) mass is 538 g/mol. The molecule has 3 heterocycles. The van der Waals surface area contributed by atoms with Gasteiger partial charge in [0.05, 0.1) is 17.6 Å². The van der Waals surface area contributed by atoms with Crippen LogP contribution in [0.3, 0.4) is 0 Å². The number of nitrogens with zero attached hydrogens (tertiary/aromatic N) is 2. The van der Waals surface area contributed by atoms with Gasteiger partial charge >= 0.3 is 12.5 Å². The summed E-state index contributed by atoms with van der Waals surface area (Å²) < 4.78 is 78.7. The quantitative estimate of drug-likeness (QED) is 0.370. The number of ether oxygens (including phenoxy) is 2. The highest BCUT2D eigenvalue weighted by atomic mass is 19.4. The second-order valence-corrected chi connectivity index (χ2v) is 9.65. The molecule has 1 saturated heterocycles. The fourth-order valence-electron chi connectivity index (χ4n) is 5.31. The van der Waals surface area contributed by atoms with Crippen molar-refractivity contribution in [1.82, 2.24) is 31.3 Å². The predicted molar refractivity (Wildman–Crippen MR) is 123 cm³/mol. The minimum atomic E-state index is -4.84. The number of imidazole rings is 1. The molecule has 1 amide bonds. The number of carbonyl (C=O) groups is 1. The summed E-state index contributed by atoms with van der Waals surface area (Å²) in [5.74, 6) is -1.98. The maximum atomic E-state index is 13.9. The largest absolute Gasteiger partial charge is 0.586 e. The summed E-state index contributed by atoms with van der Waals surface area (Å²) in [5, 5.41) is 2.87. The Labute approximate surface area is 212 Å². The zero-order valence-electron chi connectivity index (χ0n) is 19.7. The molecule has 3 unspecified atom stereocenters. The molecule has 1 saturated carbocycles. The van der Waals surface area contributed by atoms with E-state index in [4.69, 9.17) is 0 Å². The number of fused-ring (bicyclic) bond motifs is 3. The topological polar surface area (TPSA) is 101 Å². The second-order valence-electron chi connectivity index (χ2n) is 9.65. The van der Waals surface area contributed by atoms with Gasteiger partial charge in [-0.1, -0.05) is 12.1 Å². The van der Waals surface area contributed by atoms with E-state index in [1.165, 1.54) is 36.4 Å². The lowest BCUT2D eigenvalue weighted by atomic mass is 9.83. The van der Waals surface area contributed by atoms with Gasteiger partial charge in [-0.05, 0) is 49.4 Å². The number of alkyl halides is 5. The predicted octanol–water partition coefficient (Wildman–Crippen LogP) is 3.30. The molecule has 9 nitrogen and oxygen atoms in total. The van der Waals surface area contributed by atoms with Crippen LogP contribution < -0.4 is 31.2 Å². The number of hydrazine groups is 2. The van der Waals surface area contributed by atoms with Gasteiger partial charge in [-0.2, -0.15) is 18.7 Å². The lowest BCUT2D eigenvalue weighted by Crippen LogP contribution is -2.42. The SMILES string of the molecule is O=C(NCC1CCC2NNNC2C1)c1ccc2c(c1)nc(C(F)(F)F)n2Cc1cccc2c1OC(F)(F)O2. The number of nitrogens with one attached hydrogen (secondary N) is 4. The van der Waals surface area contributed by atoms with Crippen molar-refractivity contribution in [3.63, 3.8) is 0 Å². The Morgan fingerprint density at radius 1 is 1.13 bits per heavy atom. The van der Waals surface area contributed by atoms with Crippen molar-refractivity contribution < 1.29 is 36.2 Å². The van der Waals surface area contributed by atoms with Gasteiger partial charge in [0.1, 0.15) is 0 Å². The highest BCUT2D eigenvalue weighted by Crippen LogP contribution is 2.44. The normalized spacial score (nSPS) is 24.0. The van der Waals surface area contributed by atoms with E-state index in [1.807, 2.05) is 0 Å². The van der Waals surface area contributed by atoms with Gasteiger partial charge in [-0.3, -0.25) is 4.79 Å². The van der Waals surface area contributed by atoms with Gasteiger partial charge in [0.2, 0.25) is 5.82 Å². The number of halogens is 5. The Kier molecular flexibility index (Phi) is 5.92. The molecule has 14 heteroatoms. The lowest BCUT2D eigenvalue weighted by Gasteiger charge is -2.30. The Balaban J connectivity index is 1.24. The van der Waals surface area contributed by atoms with Crippen LogP contribution >= 0.6 is 0 Å². The fraction of sp³-hybridized carbons (Fsp3) is 0.417. The van der Waals surface area contributed by atoms with Crippen LogP contribution in [0.5, 0.6) is 11.5 Å². The van der Waals surface area contributed by atoms with E-state index in [1.54, 1.807) is 0 Å². The van der Waals surface area contributed by atoms with E-state index in [0.717, 1.165) is 23.8 Å². The fourth-order valence-corrected chi connectivity index (χ4v) is 5.31. The van der Waals surface area contributed by atoms with Crippen molar-refractivity contribution in [2.24, 2.45) is 5.92 Å². The van der Waals surface area contributed by atoms with Gasteiger partial charge < -0.3 is 19.4 Å². The summed E-state index contributed by atoms with van der Waals surface area (Å²) in [6.45, 7) is -0.0169. The maximum absolute atomic E-state index is 13.9. The van der Waals surface area contributed by atoms with Crippen LogP contribution in [0.1, 0.15) is 41.0 Å². The summed E-state index contributed by atoms with van der Waals surface area (Å²) >= 11 is 0. The molecule has 3 atom stereocenters. The van der Waals surface area contributed by atoms with Crippen LogP contribution in [0.15, 0.2) is 36.4 Å². The summed E-state index contributed by atoms with van der Waals surface area (Å²) in [4.78, 5) is 16.6. The lowest BCUT2D eigenvalue weighted by molar-refractivity contribution is -0.287. The first-order valence-electron chi connectivity index (χ1n) is 12.1. The number of hydrogen-bond donors (Lipinski definition) is 4. The average molecular weight is 538 g/mol. The van der Waals surface area contributed by atoms with E-state index >= 15 is 0 Å². The van der Waals surface area contributed by atoms with Gasteiger partial charge in [0.15, 0.2) is 11.5 Å². The standard InChI is InChI=1S/C24H23F5N6O3/c25-23(26,27)22-31-17-9-13(21(36)30-10-12-4-6-15-16(8-12)33-34-32-15)5-7-18(17)35(22)11-14-2-1-3-19-20(14)38-24(28,29)37-19/h1-3,5,7,9,12,15-16,32-34H,4,6,8,10-11H2,(H,30,36). The first-order valence-corrected chi connectivity index (χ1v) is 12.1. The summed E-state index contributed by atoms with van der Waals surface area (Å²) in [5.41, 5.74) is 9.49. The molecule has 6 rings (SSSR count). The summed E-state index contributed by atoms with van der Waals surface area (Å²) in [6.07, 6.45) is -6.00. The van der Waals surface area contributed by atoms with E-state index < -0.39 is 30.7 Å². The molecular weight excluding hydrogens is 515 g/mol. The molecule has 1 aliphatic carbocycles. The Morgan fingerprint density at radius 3 is 2.76 bits per heavy atom. The molecule has 2 fully saturated rings. The van der Waals surface area contributed by atoms with Crippen LogP contribution in [0, 0.1) is 5.92 Å². The molecule has 38 heavy (non-hydrogen) atoms. The van der Waals surface area contributed by atoms with E-state index in [2.05, 4.69) is 36.2 Å². The molecule has 0 bridgehead atoms. The molecule has 2 aliphatic heterocycles. The highest BCUT2D eigenvalue weighted by Gasteiger charge is 2.45. The molecule has 202 valence electrons. The molecule has 3 aliphatic rings. The minimum absolute atomic E-state index is 0.0483. The van der Waals surface area contributed by atoms with Crippen LogP contribution in [0.4, 0.5) is 22.0 Å². The van der Waals surface area contributed by atoms with Crippen molar-refractivity contribution >= 4 is 16.9 Å². The number of aromatic nitrogens is 2. The van der Waals surface area contributed by atoms with E-state index in [9.17, 15) is 26.7 Å². The third kappa shape index (κ3) is 4.63. The van der Waals surface area contributed by atoms with Gasteiger partial charge in [0.25, 0.3) is 5.91 Å². The molecular formula is C24H23F5N6O3. The van der Waals surface area contributed by atoms with Crippen LogP contribution in [-0.4, -0.2) is 40.4 Å². The van der Waals surface area contributed by atoms with Gasteiger partial charge in [0, 0.05) is 29.8 Å². The Hall–Kier alpha value is -3.49. The molecule has 0 spiro atoms. The summed E-state index contributed by atoms with van der Waals surface area (Å²) in [7, 11) is 0. The van der Waals surface area contributed by atoms with Crippen molar-refractivity contribution in [3.8, 4) is 11.5 Å². The second kappa shape index (κ2) is 9.06. The zero-order valence-corrected chi connectivity index (χ0v) is 19.7. The minimum Gasteiger partial charge on any atom is -0.395 e. The number of para-hydroxylation sites is 1. The first-order chi connectivity index (χ1) is 18.1. The number of hydrogen-bond acceptors (Lipinski definition) is 7. The number of amides is 1. The first kappa shape index (κ1) is 24.8. The molecule has 2 aromatic carbocycles. The molecule has 4 N–H and O–H groups in total. The number of rotatable bonds is 5. The zero-order chi connectivity index (χ0) is 26.7. The van der Waals surface area contributed by atoms with Crippen LogP contribution in [0.2, 0.25) is 0 Å². The maximum Gasteiger partial charge on any atom is 0.586 e. The Bertz CT molecular complexity index is 1390. The van der Waals surface area contributed by atoms with Gasteiger partial charge in [-0.25, -0.2) is 15.8 Å². The van der Waals surface area contributed by atoms with Gasteiger partial charge in [-0.15, -0.1) is 8.78 Å². The van der Waals surface area contributed by atoms with E-state index in [0.29, 0.717) is 12.6 Å². The van der Waals surface area contributed by atoms with Crippen LogP contribution in [0.25, 0.3) is 11.0 Å². The molecule has 0 radical (unpaired) electrons. The van der Waals surface area contributed by atoms with Crippen molar-refractivity contribution in [3.05, 3.63) is 53.3 Å². The Morgan fingerprint density at radius 2 is 1.95 bits per heavy atom. The number of benzene rings is 2. The third-order valence-corrected chi connectivity index (χ3v) is 7.13. The van der Waals surface area contributed by atoms with Crippen molar-refractivity contribution in [2.75, 3.05) is 6.54 Å². The van der Waals surface area contributed by atoms with Crippen LogP contribution in [-0.2, 0) is 12.7 Å². The van der Waals surface area contributed by atoms with Crippen molar-refractivity contribution in [1.29, 1.82) is 0 Å². The molecule has 3 aromatic rings. The average Bonchev–Trinajstić information content (AvgIpc) is 3.56.